The fourth-order valence-corrected chi connectivity index (χ4v) is 0.968. The van der Waals surface area contributed by atoms with Crippen molar-refractivity contribution in [3.05, 3.63) is 29.8 Å². The predicted molar refractivity (Wildman–Crippen MR) is 43.4 cm³/mol. The largest absolute Gasteiger partial charge is 0.508 e. The molecule has 2 heteroatoms. The Morgan fingerprint density at radius 2 is 2.18 bits per heavy atom. The number of aliphatic hydroxyl groups is 1. The lowest BCUT2D eigenvalue weighted by Crippen LogP contribution is -1.93. The maximum absolute atomic E-state index is 9.34. The maximum atomic E-state index is 9.34. The van der Waals surface area contributed by atoms with Crippen molar-refractivity contribution in [2.45, 2.75) is 19.4 Å². The summed E-state index contributed by atoms with van der Waals surface area (Å²) in [5, 5.41) is 18.4. The average Bonchev–Trinajstić information content (AvgIpc) is 2.03. The first-order chi connectivity index (χ1) is 5.24. The Balaban J connectivity index is 2.86. The summed E-state index contributed by atoms with van der Waals surface area (Å²) in [6.45, 7) is 1.90. The molecule has 0 saturated carbocycles. The first-order valence-electron chi connectivity index (χ1n) is 3.71. The summed E-state index contributed by atoms with van der Waals surface area (Å²) in [5.41, 5.74) is 0.771. The number of hydrogen-bond acceptors (Lipinski definition) is 2. The van der Waals surface area contributed by atoms with Gasteiger partial charge in [0, 0.05) is 0 Å². The molecule has 0 aliphatic rings. The molecule has 0 unspecified atom stereocenters. The molecule has 0 spiro atoms. The Bertz CT molecular complexity index is 233. The van der Waals surface area contributed by atoms with Crippen molar-refractivity contribution in [3.8, 4) is 5.75 Å². The van der Waals surface area contributed by atoms with Gasteiger partial charge in [0.15, 0.2) is 0 Å². The first kappa shape index (κ1) is 8.08. The minimum atomic E-state index is -0.456. The monoisotopic (exact) mass is 152 g/mol. The van der Waals surface area contributed by atoms with E-state index in [9.17, 15) is 5.11 Å². The van der Waals surface area contributed by atoms with E-state index in [1.165, 1.54) is 0 Å². The molecule has 60 valence electrons. The van der Waals surface area contributed by atoms with Gasteiger partial charge in [-0.25, -0.2) is 0 Å². The van der Waals surface area contributed by atoms with Crippen LogP contribution < -0.4 is 0 Å². The average molecular weight is 152 g/mol. The molecule has 1 atom stereocenters. The van der Waals surface area contributed by atoms with Gasteiger partial charge < -0.3 is 10.2 Å². The zero-order valence-electron chi connectivity index (χ0n) is 6.49. The zero-order valence-corrected chi connectivity index (χ0v) is 6.49. The van der Waals surface area contributed by atoms with Crippen LogP contribution in [0.25, 0.3) is 0 Å². The number of aliphatic hydroxyl groups excluding tert-OH is 1. The SMILES string of the molecule is CC[C@@H](O)c1cccc(O)c1. The van der Waals surface area contributed by atoms with E-state index in [2.05, 4.69) is 0 Å². The fraction of sp³-hybridized carbons (Fsp3) is 0.333. The molecule has 0 fully saturated rings. The number of benzene rings is 1. The van der Waals surface area contributed by atoms with Gasteiger partial charge in [-0.1, -0.05) is 19.1 Å². The molecular weight excluding hydrogens is 140 g/mol. The van der Waals surface area contributed by atoms with Crippen LogP contribution in [0, 0.1) is 0 Å². The Labute approximate surface area is 66.1 Å². The number of aromatic hydroxyl groups is 1. The van der Waals surface area contributed by atoms with E-state index < -0.39 is 6.10 Å². The highest BCUT2D eigenvalue weighted by atomic mass is 16.3. The van der Waals surface area contributed by atoms with Gasteiger partial charge in [0.2, 0.25) is 0 Å². The van der Waals surface area contributed by atoms with Crippen LogP contribution >= 0.6 is 0 Å². The molecule has 0 aliphatic heterocycles. The second kappa shape index (κ2) is 3.39. The van der Waals surface area contributed by atoms with Gasteiger partial charge in [-0.15, -0.1) is 0 Å². The summed E-state index contributed by atoms with van der Waals surface area (Å²) < 4.78 is 0. The van der Waals surface area contributed by atoms with Crippen LogP contribution in [0.5, 0.6) is 5.75 Å². The molecule has 1 aromatic rings. The van der Waals surface area contributed by atoms with Crippen molar-refractivity contribution in [1.82, 2.24) is 0 Å². The van der Waals surface area contributed by atoms with E-state index in [1.54, 1.807) is 24.3 Å². The van der Waals surface area contributed by atoms with Crippen LogP contribution in [0.2, 0.25) is 0 Å². The Hall–Kier alpha value is -1.02. The number of hydrogen-bond donors (Lipinski definition) is 2. The summed E-state index contributed by atoms with van der Waals surface area (Å²) in [5.74, 6) is 0.204. The van der Waals surface area contributed by atoms with E-state index in [0.29, 0.717) is 6.42 Å². The lowest BCUT2D eigenvalue weighted by Gasteiger charge is -2.07. The lowest BCUT2D eigenvalue weighted by atomic mass is 10.1. The first-order valence-corrected chi connectivity index (χ1v) is 3.71. The highest BCUT2D eigenvalue weighted by Gasteiger charge is 2.03. The molecule has 0 bridgehead atoms. The summed E-state index contributed by atoms with van der Waals surface area (Å²) in [6, 6.07) is 6.69. The second-order valence-corrected chi connectivity index (χ2v) is 2.52. The van der Waals surface area contributed by atoms with Crippen molar-refractivity contribution in [1.29, 1.82) is 0 Å². The van der Waals surface area contributed by atoms with Gasteiger partial charge in [-0.05, 0) is 24.1 Å². The van der Waals surface area contributed by atoms with Crippen LogP contribution in [-0.4, -0.2) is 10.2 Å². The molecule has 0 aromatic heterocycles. The third-order valence-corrected chi connectivity index (χ3v) is 1.64. The molecule has 2 N–H and O–H groups in total. The normalized spacial score (nSPS) is 12.9. The van der Waals surface area contributed by atoms with Crippen molar-refractivity contribution in [2.75, 3.05) is 0 Å². The molecule has 11 heavy (non-hydrogen) atoms. The van der Waals surface area contributed by atoms with Gasteiger partial charge in [-0.3, -0.25) is 0 Å². The lowest BCUT2D eigenvalue weighted by molar-refractivity contribution is 0.173. The zero-order chi connectivity index (χ0) is 8.27. The predicted octanol–water partition coefficient (Wildman–Crippen LogP) is 1.84. The molecule has 1 rings (SSSR count). The van der Waals surface area contributed by atoms with Crippen LogP contribution in [0.1, 0.15) is 25.0 Å². The third-order valence-electron chi connectivity index (χ3n) is 1.64. The standard InChI is InChI=1S/C9H12O2/c1-2-9(11)7-4-3-5-8(10)6-7/h3-6,9-11H,2H2,1H3/t9-/m1/s1. The Kier molecular flexibility index (Phi) is 2.49. The smallest absolute Gasteiger partial charge is 0.115 e. The fourth-order valence-electron chi connectivity index (χ4n) is 0.968. The number of phenols is 1. The highest BCUT2D eigenvalue weighted by molar-refractivity contribution is 5.28. The van der Waals surface area contributed by atoms with E-state index in [-0.39, 0.29) is 5.75 Å². The van der Waals surface area contributed by atoms with Crippen molar-refractivity contribution in [3.63, 3.8) is 0 Å². The molecule has 2 nitrogen and oxygen atoms in total. The van der Waals surface area contributed by atoms with Gasteiger partial charge in [-0.2, -0.15) is 0 Å². The van der Waals surface area contributed by atoms with Gasteiger partial charge in [0.25, 0.3) is 0 Å². The second-order valence-electron chi connectivity index (χ2n) is 2.52. The molecule has 0 amide bonds. The summed E-state index contributed by atoms with van der Waals surface area (Å²) in [7, 11) is 0. The molecule has 0 radical (unpaired) electrons. The quantitative estimate of drug-likeness (QED) is 0.678. The van der Waals surface area contributed by atoms with Gasteiger partial charge >= 0.3 is 0 Å². The van der Waals surface area contributed by atoms with Crippen LogP contribution in [0.3, 0.4) is 0 Å². The summed E-state index contributed by atoms with van der Waals surface area (Å²) in [6.07, 6.45) is 0.214. The minimum absolute atomic E-state index is 0.204. The van der Waals surface area contributed by atoms with Crippen LogP contribution in [-0.2, 0) is 0 Å². The Morgan fingerprint density at radius 1 is 1.45 bits per heavy atom. The van der Waals surface area contributed by atoms with E-state index in [0.717, 1.165) is 5.56 Å². The molecular formula is C9H12O2. The van der Waals surface area contributed by atoms with Gasteiger partial charge in [0.05, 0.1) is 6.10 Å². The summed E-state index contributed by atoms with van der Waals surface area (Å²) >= 11 is 0. The number of phenolic OH excluding ortho intramolecular Hbond substituents is 1. The van der Waals surface area contributed by atoms with E-state index in [1.807, 2.05) is 6.92 Å². The maximum Gasteiger partial charge on any atom is 0.115 e. The topological polar surface area (TPSA) is 40.5 Å². The Morgan fingerprint density at radius 3 is 2.73 bits per heavy atom. The van der Waals surface area contributed by atoms with Crippen molar-refractivity contribution >= 4 is 0 Å². The van der Waals surface area contributed by atoms with Crippen molar-refractivity contribution < 1.29 is 10.2 Å². The molecule has 0 heterocycles. The third kappa shape index (κ3) is 1.95. The molecule has 0 saturated heterocycles. The van der Waals surface area contributed by atoms with E-state index in [4.69, 9.17) is 5.11 Å². The molecule has 1 aromatic carbocycles. The molecule has 0 aliphatic carbocycles. The highest BCUT2D eigenvalue weighted by Crippen LogP contribution is 2.19. The van der Waals surface area contributed by atoms with Crippen molar-refractivity contribution in [2.24, 2.45) is 0 Å². The minimum Gasteiger partial charge on any atom is -0.508 e. The van der Waals surface area contributed by atoms with Crippen LogP contribution in [0.4, 0.5) is 0 Å². The van der Waals surface area contributed by atoms with Gasteiger partial charge in [0.1, 0.15) is 5.75 Å². The van der Waals surface area contributed by atoms with E-state index >= 15 is 0 Å². The number of rotatable bonds is 2. The van der Waals surface area contributed by atoms with Crippen LogP contribution in [0.15, 0.2) is 24.3 Å². The summed E-state index contributed by atoms with van der Waals surface area (Å²) in [4.78, 5) is 0.